The van der Waals surface area contributed by atoms with Gasteiger partial charge in [0.05, 0.1) is 6.54 Å². The van der Waals surface area contributed by atoms with E-state index in [9.17, 15) is 4.79 Å². The number of nitrogens with zero attached hydrogens (tertiary/aromatic N) is 1. The quantitative estimate of drug-likeness (QED) is 0.709. The van der Waals surface area contributed by atoms with Crippen molar-refractivity contribution in [2.24, 2.45) is 0 Å². The largest absolute Gasteiger partial charge is 0.441 e. The molecule has 3 rings (SSSR count). The number of hydrogen-bond donors (Lipinski definition) is 1. The van der Waals surface area contributed by atoms with Gasteiger partial charge in [-0.05, 0) is 31.0 Å². The Bertz CT molecular complexity index is 426. The first-order chi connectivity index (χ1) is 7.19. The molecule has 15 heavy (non-hydrogen) atoms. The van der Waals surface area contributed by atoms with E-state index in [1.807, 2.05) is 12.1 Å². The number of benzene rings is 1. The number of nitrogen functional groups attached to an aromatic ring is 1. The lowest BCUT2D eigenvalue weighted by Gasteiger charge is -2.12. The Kier molecular flexibility index (Phi) is 1.52. The van der Waals surface area contributed by atoms with E-state index in [1.54, 1.807) is 17.0 Å². The SMILES string of the molecule is Nc1cccc(N2CC3(CC3)OC2=O)c1. The second-order valence-electron chi connectivity index (χ2n) is 4.23. The fourth-order valence-corrected chi connectivity index (χ4v) is 1.91. The van der Waals surface area contributed by atoms with Gasteiger partial charge in [-0.15, -0.1) is 0 Å². The van der Waals surface area contributed by atoms with E-state index in [1.165, 1.54) is 0 Å². The number of nitrogens with two attached hydrogens (primary N) is 1. The molecule has 0 unspecified atom stereocenters. The lowest BCUT2D eigenvalue weighted by Crippen LogP contribution is -2.24. The molecule has 0 bridgehead atoms. The van der Waals surface area contributed by atoms with E-state index in [-0.39, 0.29) is 11.7 Å². The highest BCUT2D eigenvalue weighted by molar-refractivity contribution is 5.91. The Morgan fingerprint density at radius 3 is 2.80 bits per heavy atom. The third kappa shape index (κ3) is 1.33. The zero-order valence-corrected chi connectivity index (χ0v) is 8.27. The summed E-state index contributed by atoms with van der Waals surface area (Å²) in [4.78, 5) is 13.3. The zero-order chi connectivity index (χ0) is 10.5. The lowest BCUT2D eigenvalue weighted by atomic mass is 10.2. The standard InChI is InChI=1S/C11H12N2O2/c12-8-2-1-3-9(6-8)13-7-11(4-5-11)15-10(13)14/h1-3,6H,4-5,7,12H2. The summed E-state index contributed by atoms with van der Waals surface area (Å²) in [6.45, 7) is 0.662. The van der Waals surface area contributed by atoms with Crippen molar-refractivity contribution in [1.82, 2.24) is 0 Å². The third-order valence-corrected chi connectivity index (χ3v) is 2.96. The van der Waals surface area contributed by atoms with Crippen molar-refractivity contribution in [2.75, 3.05) is 17.2 Å². The number of ether oxygens (including phenoxy) is 1. The molecule has 4 nitrogen and oxygen atoms in total. The molecule has 1 heterocycles. The Balaban J connectivity index is 1.91. The van der Waals surface area contributed by atoms with Crippen LogP contribution in [0.15, 0.2) is 24.3 Å². The zero-order valence-electron chi connectivity index (χ0n) is 8.27. The van der Waals surface area contributed by atoms with Gasteiger partial charge >= 0.3 is 6.09 Å². The first kappa shape index (κ1) is 8.59. The Hall–Kier alpha value is -1.71. The van der Waals surface area contributed by atoms with Crippen LogP contribution in [0.4, 0.5) is 16.2 Å². The van der Waals surface area contributed by atoms with Gasteiger partial charge in [-0.1, -0.05) is 6.07 Å². The van der Waals surface area contributed by atoms with Gasteiger partial charge in [0.15, 0.2) is 0 Å². The number of amides is 1. The first-order valence-electron chi connectivity index (χ1n) is 5.05. The minimum absolute atomic E-state index is 0.179. The molecule has 78 valence electrons. The predicted octanol–water partition coefficient (Wildman–Crippen LogP) is 1.76. The van der Waals surface area contributed by atoms with Crippen molar-refractivity contribution in [1.29, 1.82) is 0 Å². The van der Waals surface area contributed by atoms with Crippen molar-refractivity contribution < 1.29 is 9.53 Å². The number of carbonyl (C=O) groups is 1. The molecule has 0 aromatic heterocycles. The molecule has 2 N–H and O–H groups in total. The van der Waals surface area contributed by atoms with Gasteiger partial charge in [-0.25, -0.2) is 4.79 Å². The van der Waals surface area contributed by atoms with Crippen LogP contribution in [0.1, 0.15) is 12.8 Å². The van der Waals surface area contributed by atoms with Gasteiger partial charge < -0.3 is 10.5 Å². The van der Waals surface area contributed by atoms with Crippen molar-refractivity contribution in [3.05, 3.63) is 24.3 Å². The Morgan fingerprint density at radius 2 is 2.20 bits per heavy atom. The molecule has 1 saturated carbocycles. The lowest BCUT2D eigenvalue weighted by molar-refractivity contribution is 0.129. The van der Waals surface area contributed by atoms with E-state index >= 15 is 0 Å². The number of hydrogen-bond acceptors (Lipinski definition) is 3. The topological polar surface area (TPSA) is 55.6 Å². The molecule has 1 spiro atoms. The van der Waals surface area contributed by atoms with Crippen LogP contribution in [-0.2, 0) is 4.74 Å². The Labute approximate surface area is 87.6 Å². The van der Waals surface area contributed by atoms with Crippen molar-refractivity contribution in [2.45, 2.75) is 18.4 Å². The van der Waals surface area contributed by atoms with Gasteiger partial charge in [0.25, 0.3) is 0 Å². The first-order valence-corrected chi connectivity index (χ1v) is 5.05. The molecule has 1 aliphatic carbocycles. The van der Waals surface area contributed by atoms with Crippen molar-refractivity contribution in [3.8, 4) is 0 Å². The summed E-state index contributed by atoms with van der Waals surface area (Å²) in [6.07, 6.45) is 1.72. The van der Waals surface area contributed by atoms with Gasteiger partial charge in [0, 0.05) is 11.4 Å². The fourth-order valence-electron chi connectivity index (χ4n) is 1.91. The summed E-state index contributed by atoms with van der Waals surface area (Å²) >= 11 is 0. The van der Waals surface area contributed by atoms with Crippen molar-refractivity contribution >= 4 is 17.5 Å². The highest BCUT2D eigenvalue weighted by Gasteiger charge is 2.54. The summed E-state index contributed by atoms with van der Waals surface area (Å²) in [5.74, 6) is 0. The van der Waals surface area contributed by atoms with Gasteiger partial charge in [-0.2, -0.15) is 0 Å². The monoisotopic (exact) mass is 204 g/mol. The van der Waals surface area contributed by atoms with Crippen LogP contribution in [0, 0.1) is 0 Å². The number of rotatable bonds is 1. The minimum atomic E-state index is -0.252. The average Bonchev–Trinajstić information content (AvgIpc) is 2.85. The van der Waals surface area contributed by atoms with Gasteiger partial charge in [0.2, 0.25) is 0 Å². The molecular weight excluding hydrogens is 192 g/mol. The molecule has 1 saturated heterocycles. The van der Waals surface area contributed by atoms with Crippen LogP contribution in [0.2, 0.25) is 0 Å². The second kappa shape index (κ2) is 2.66. The molecule has 1 aromatic carbocycles. The van der Waals surface area contributed by atoms with E-state index in [4.69, 9.17) is 10.5 Å². The normalized spacial score (nSPS) is 21.9. The van der Waals surface area contributed by atoms with Crippen molar-refractivity contribution in [3.63, 3.8) is 0 Å². The van der Waals surface area contributed by atoms with Crippen LogP contribution in [0.3, 0.4) is 0 Å². The Morgan fingerprint density at radius 1 is 1.40 bits per heavy atom. The van der Waals surface area contributed by atoms with Crippen LogP contribution < -0.4 is 10.6 Å². The highest BCUT2D eigenvalue weighted by atomic mass is 16.6. The summed E-state index contributed by atoms with van der Waals surface area (Å²) in [7, 11) is 0. The molecule has 4 heteroatoms. The third-order valence-electron chi connectivity index (χ3n) is 2.96. The number of anilines is 2. The summed E-state index contributed by atoms with van der Waals surface area (Å²) < 4.78 is 5.31. The van der Waals surface area contributed by atoms with Crippen LogP contribution >= 0.6 is 0 Å². The van der Waals surface area contributed by atoms with E-state index < -0.39 is 0 Å². The summed E-state index contributed by atoms with van der Waals surface area (Å²) in [5, 5.41) is 0. The summed E-state index contributed by atoms with van der Waals surface area (Å²) in [5.41, 5.74) is 6.98. The maximum absolute atomic E-state index is 11.6. The number of carbonyl (C=O) groups excluding carboxylic acids is 1. The molecule has 1 aromatic rings. The molecular formula is C11H12N2O2. The molecule has 1 amide bonds. The van der Waals surface area contributed by atoms with Crippen LogP contribution in [0.5, 0.6) is 0 Å². The maximum Gasteiger partial charge on any atom is 0.415 e. The maximum atomic E-state index is 11.6. The van der Waals surface area contributed by atoms with Crippen LogP contribution in [-0.4, -0.2) is 18.2 Å². The second-order valence-corrected chi connectivity index (χ2v) is 4.23. The predicted molar refractivity (Wildman–Crippen MR) is 56.6 cm³/mol. The van der Waals surface area contributed by atoms with Crippen LogP contribution in [0.25, 0.3) is 0 Å². The minimum Gasteiger partial charge on any atom is -0.441 e. The molecule has 2 aliphatic rings. The molecule has 0 radical (unpaired) electrons. The van der Waals surface area contributed by atoms with E-state index in [0.29, 0.717) is 12.2 Å². The smallest absolute Gasteiger partial charge is 0.415 e. The molecule has 2 fully saturated rings. The summed E-state index contributed by atoms with van der Waals surface area (Å²) in [6, 6.07) is 7.31. The fraction of sp³-hybridized carbons (Fsp3) is 0.364. The van der Waals surface area contributed by atoms with Gasteiger partial charge in [0.1, 0.15) is 5.60 Å². The molecule has 1 aliphatic heterocycles. The van der Waals surface area contributed by atoms with E-state index in [0.717, 1.165) is 18.5 Å². The van der Waals surface area contributed by atoms with Gasteiger partial charge in [-0.3, -0.25) is 4.90 Å². The highest BCUT2D eigenvalue weighted by Crippen LogP contribution is 2.45. The average molecular weight is 204 g/mol. The molecule has 0 atom stereocenters. The van der Waals surface area contributed by atoms with E-state index in [2.05, 4.69) is 0 Å².